The van der Waals surface area contributed by atoms with Crippen LogP contribution in [-0.4, -0.2) is 31.7 Å². The van der Waals surface area contributed by atoms with Crippen molar-refractivity contribution in [3.63, 3.8) is 0 Å². The second kappa shape index (κ2) is 8.44. The highest BCUT2D eigenvalue weighted by atomic mass is 19.1. The van der Waals surface area contributed by atoms with Crippen LogP contribution in [0.5, 0.6) is 0 Å². The molecule has 1 amide bonds. The van der Waals surface area contributed by atoms with Gasteiger partial charge in [-0.1, -0.05) is 0 Å². The van der Waals surface area contributed by atoms with Crippen molar-refractivity contribution in [3.05, 3.63) is 59.6 Å². The molecule has 4 rings (SSSR count). The van der Waals surface area contributed by atoms with Crippen LogP contribution in [0.4, 0.5) is 26.2 Å². The first-order valence-electron chi connectivity index (χ1n) is 9.56. The third-order valence-corrected chi connectivity index (χ3v) is 4.49. The minimum Gasteiger partial charge on any atom is -0.366 e. The van der Waals surface area contributed by atoms with E-state index < -0.39 is 11.6 Å². The molecule has 1 saturated carbocycles. The fraction of sp³-hybridized carbons (Fsp3) is 0.300. The number of halogens is 2. The average Bonchev–Trinajstić information content (AvgIpc) is 3.39. The fourth-order valence-electron chi connectivity index (χ4n) is 2.87. The molecule has 156 valence electrons. The molecule has 3 aromatic rings. The third-order valence-electron chi connectivity index (χ3n) is 4.49. The number of hydrogen-bond donors (Lipinski definition) is 3. The van der Waals surface area contributed by atoms with E-state index in [0.29, 0.717) is 29.1 Å². The standard InChI is InChI=1S/C20H21F2N7O/c1-12-7-24-20(28-19(12)23-8-13-4-14(21)6-15(22)5-13)27-17-9-25-29(10-17)11-18(30)26-16-2-3-16/h4-7,9-10,16H,2-3,8,11H2,1H3,(H,26,30)(H2,23,24,27,28). The number of anilines is 3. The smallest absolute Gasteiger partial charge is 0.241 e. The lowest BCUT2D eigenvalue weighted by Crippen LogP contribution is -2.29. The molecule has 0 spiro atoms. The average molecular weight is 413 g/mol. The molecule has 1 aromatic carbocycles. The number of hydrogen-bond acceptors (Lipinski definition) is 6. The van der Waals surface area contributed by atoms with Crippen molar-refractivity contribution >= 4 is 23.4 Å². The molecule has 0 aliphatic heterocycles. The van der Waals surface area contributed by atoms with Crippen LogP contribution in [-0.2, 0) is 17.9 Å². The van der Waals surface area contributed by atoms with Gasteiger partial charge in [0.05, 0.1) is 11.9 Å². The number of carbonyl (C=O) groups is 1. The number of aryl methyl sites for hydroxylation is 1. The van der Waals surface area contributed by atoms with Crippen molar-refractivity contribution in [2.24, 2.45) is 0 Å². The summed E-state index contributed by atoms with van der Waals surface area (Å²) >= 11 is 0. The summed E-state index contributed by atoms with van der Waals surface area (Å²) in [4.78, 5) is 20.5. The lowest BCUT2D eigenvalue weighted by Gasteiger charge is -2.10. The van der Waals surface area contributed by atoms with E-state index in [-0.39, 0.29) is 19.0 Å². The van der Waals surface area contributed by atoms with Crippen LogP contribution in [0.15, 0.2) is 36.8 Å². The van der Waals surface area contributed by atoms with Crippen LogP contribution in [0.1, 0.15) is 24.0 Å². The molecule has 1 aliphatic carbocycles. The van der Waals surface area contributed by atoms with Gasteiger partial charge in [-0.3, -0.25) is 9.48 Å². The van der Waals surface area contributed by atoms with Gasteiger partial charge in [-0.25, -0.2) is 13.8 Å². The zero-order chi connectivity index (χ0) is 21.1. The van der Waals surface area contributed by atoms with Crippen LogP contribution < -0.4 is 16.0 Å². The molecule has 2 aromatic heterocycles. The first kappa shape index (κ1) is 19.7. The molecule has 0 bridgehead atoms. The van der Waals surface area contributed by atoms with Gasteiger partial charge in [-0.15, -0.1) is 0 Å². The monoisotopic (exact) mass is 413 g/mol. The summed E-state index contributed by atoms with van der Waals surface area (Å²) in [7, 11) is 0. The number of amides is 1. The van der Waals surface area contributed by atoms with Crippen LogP contribution in [0.3, 0.4) is 0 Å². The Bertz CT molecular complexity index is 1040. The molecule has 0 atom stereocenters. The molecular formula is C20H21F2N7O. The Kier molecular flexibility index (Phi) is 5.55. The van der Waals surface area contributed by atoms with Crippen molar-refractivity contribution in [1.29, 1.82) is 0 Å². The van der Waals surface area contributed by atoms with E-state index in [1.54, 1.807) is 18.6 Å². The lowest BCUT2D eigenvalue weighted by molar-refractivity contribution is -0.122. The molecule has 0 unspecified atom stereocenters. The molecule has 30 heavy (non-hydrogen) atoms. The van der Waals surface area contributed by atoms with Crippen molar-refractivity contribution in [1.82, 2.24) is 25.1 Å². The summed E-state index contributed by atoms with van der Waals surface area (Å²) in [5, 5.41) is 13.2. The van der Waals surface area contributed by atoms with E-state index in [1.807, 2.05) is 6.92 Å². The minimum atomic E-state index is -0.628. The molecule has 2 heterocycles. The maximum Gasteiger partial charge on any atom is 0.241 e. The summed E-state index contributed by atoms with van der Waals surface area (Å²) in [5.41, 5.74) is 1.88. The van der Waals surface area contributed by atoms with Gasteiger partial charge < -0.3 is 16.0 Å². The van der Waals surface area contributed by atoms with E-state index in [0.717, 1.165) is 24.5 Å². The number of nitrogens with zero attached hydrogens (tertiary/aromatic N) is 4. The Balaban J connectivity index is 1.38. The zero-order valence-corrected chi connectivity index (χ0v) is 16.3. The van der Waals surface area contributed by atoms with Gasteiger partial charge in [0.2, 0.25) is 11.9 Å². The predicted octanol–water partition coefficient (Wildman–Crippen LogP) is 2.89. The summed E-state index contributed by atoms with van der Waals surface area (Å²) in [6, 6.07) is 3.66. The topological polar surface area (TPSA) is 96.8 Å². The Morgan fingerprint density at radius 3 is 2.70 bits per heavy atom. The minimum absolute atomic E-state index is 0.0704. The van der Waals surface area contributed by atoms with Crippen LogP contribution in [0.25, 0.3) is 0 Å². The number of benzene rings is 1. The molecule has 0 saturated heterocycles. The Labute approximate surface area is 171 Å². The van der Waals surface area contributed by atoms with Gasteiger partial charge in [-0.2, -0.15) is 10.1 Å². The molecule has 10 heteroatoms. The number of carbonyl (C=O) groups excluding carboxylic acids is 1. The first-order chi connectivity index (χ1) is 14.4. The van der Waals surface area contributed by atoms with Gasteiger partial charge in [0.15, 0.2) is 0 Å². The van der Waals surface area contributed by atoms with E-state index in [1.165, 1.54) is 16.8 Å². The van der Waals surface area contributed by atoms with E-state index >= 15 is 0 Å². The van der Waals surface area contributed by atoms with Gasteiger partial charge in [-0.05, 0) is 37.5 Å². The van der Waals surface area contributed by atoms with E-state index in [4.69, 9.17) is 0 Å². The van der Waals surface area contributed by atoms with Crippen LogP contribution >= 0.6 is 0 Å². The van der Waals surface area contributed by atoms with E-state index in [9.17, 15) is 13.6 Å². The maximum atomic E-state index is 13.3. The quantitative estimate of drug-likeness (QED) is 0.526. The number of rotatable bonds is 8. The summed E-state index contributed by atoms with van der Waals surface area (Å²) in [5.74, 6) is -0.462. The van der Waals surface area contributed by atoms with Gasteiger partial charge in [0.25, 0.3) is 0 Å². The van der Waals surface area contributed by atoms with Gasteiger partial charge in [0.1, 0.15) is 24.0 Å². The fourth-order valence-corrected chi connectivity index (χ4v) is 2.87. The van der Waals surface area contributed by atoms with E-state index in [2.05, 4.69) is 31.0 Å². The number of aromatic nitrogens is 4. The number of nitrogens with one attached hydrogen (secondary N) is 3. The highest BCUT2D eigenvalue weighted by molar-refractivity contribution is 5.76. The largest absolute Gasteiger partial charge is 0.366 e. The van der Waals surface area contributed by atoms with Crippen molar-refractivity contribution in [2.45, 2.75) is 38.9 Å². The predicted molar refractivity (Wildman–Crippen MR) is 107 cm³/mol. The van der Waals surface area contributed by atoms with Gasteiger partial charge >= 0.3 is 0 Å². The first-order valence-corrected chi connectivity index (χ1v) is 9.56. The van der Waals surface area contributed by atoms with Crippen LogP contribution in [0, 0.1) is 18.6 Å². The molecule has 1 fully saturated rings. The molecule has 1 aliphatic rings. The third kappa shape index (κ3) is 5.28. The van der Waals surface area contributed by atoms with Crippen molar-refractivity contribution < 1.29 is 13.6 Å². The molecular weight excluding hydrogens is 392 g/mol. The Hall–Kier alpha value is -3.56. The summed E-state index contributed by atoms with van der Waals surface area (Å²) in [6.45, 7) is 2.18. The second-order valence-electron chi connectivity index (χ2n) is 7.25. The summed E-state index contributed by atoms with van der Waals surface area (Å²) < 4.78 is 28.2. The summed E-state index contributed by atoms with van der Waals surface area (Å²) in [6.07, 6.45) is 6.98. The second-order valence-corrected chi connectivity index (χ2v) is 7.25. The van der Waals surface area contributed by atoms with Crippen molar-refractivity contribution in [2.75, 3.05) is 10.6 Å². The van der Waals surface area contributed by atoms with Crippen molar-refractivity contribution in [3.8, 4) is 0 Å². The normalized spacial score (nSPS) is 13.2. The highest BCUT2D eigenvalue weighted by Gasteiger charge is 2.23. The molecule has 0 radical (unpaired) electrons. The Morgan fingerprint density at radius 1 is 1.20 bits per heavy atom. The maximum absolute atomic E-state index is 13.3. The zero-order valence-electron chi connectivity index (χ0n) is 16.3. The molecule has 8 nitrogen and oxygen atoms in total. The highest BCUT2D eigenvalue weighted by Crippen LogP contribution is 2.19. The SMILES string of the molecule is Cc1cnc(Nc2cnn(CC(=O)NC3CC3)c2)nc1NCc1cc(F)cc(F)c1. The molecule has 3 N–H and O–H groups in total. The van der Waals surface area contributed by atoms with Crippen LogP contribution in [0.2, 0.25) is 0 Å². The Morgan fingerprint density at radius 2 is 1.97 bits per heavy atom. The lowest BCUT2D eigenvalue weighted by atomic mass is 10.2. The van der Waals surface area contributed by atoms with Gasteiger partial charge in [0, 0.05) is 36.6 Å².